The van der Waals surface area contributed by atoms with Gasteiger partial charge in [0, 0.05) is 18.5 Å². The van der Waals surface area contributed by atoms with Gasteiger partial charge in [-0.15, -0.1) is 0 Å². The van der Waals surface area contributed by atoms with E-state index in [1.807, 2.05) is 0 Å². The molecule has 0 radical (unpaired) electrons. The maximum atomic E-state index is 13.8. The highest BCUT2D eigenvalue weighted by atomic mass is 32.2. The molecule has 0 aromatic heterocycles. The minimum absolute atomic E-state index is 0.000552. The number of nitrogens with one attached hydrogen (secondary N) is 1. The minimum atomic E-state index is -3.98. The zero-order valence-corrected chi connectivity index (χ0v) is 12.0. The smallest absolute Gasteiger partial charge is 0.243 e. The van der Waals surface area contributed by atoms with Gasteiger partial charge in [-0.2, -0.15) is 0 Å². The van der Waals surface area contributed by atoms with Gasteiger partial charge in [-0.3, -0.25) is 4.79 Å². The third-order valence-electron chi connectivity index (χ3n) is 2.45. The largest absolute Gasteiger partial charge is 0.370 e. The number of primary amides is 1. The molecule has 0 saturated carbocycles. The molecule has 1 rings (SSSR count). The molecule has 1 aromatic rings. The molecule has 0 aliphatic carbocycles. The Morgan fingerprint density at radius 2 is 2.10 bits per heavy atom. The first-order valence-electron chi connectivity index (χ1n) is 6.13. The van der Waals surface area contributed by atoms with Gasteiger partial charge in [0.25, 0.3) is 0 Å². The molecule has 0 unspecified atom stereocenters. The quantitative estimate of drug-likeness (QED) is 0.493. The standard InChI is InChI=1S/C13H16FN3O3S/c14-11-9-10(3-1-7-15)5-6-12(11)21(19,20)17-8-2-4-13(16)18/h5-6,9,17H,2,4,7-8,15H2,(H2,16,18). The number of nitrogens with two attached hydrogens (primary N) is 2. The number of hydrogen-bond acceptors (Lipinski definition) is 4. The van der Waals surface area contributed by atoms with Crippen molar-refractivity contribution in [2.24, 2.45) is 11.5 Å². The van der Waals surface area contributed by atoms with E-state index in [1.165, 1.54) is 6.07 Å². The molecule has 0 aliphatic heterocycles. The molecule has 1 aromatic carbocycles. The first kappa shape index (κ1) is 17.1. The Morgan fingerprint density at radius 3 is 2.67 bits per heavy atom. The summed E-state index contributed by atoms with van der Waals surface area (Å²) >= 11 is 0. The number of carbonyl (C=O) groups is 1. The van der Waals surface area contributed by atoms with Crippen LogP contribution in [0.15, 0.2) is 23.1 Å². The summed E-state index contributed by atoms with van der Waals surface area (Å²) in [6.07, 6.45) is 0.300. The van der Waals surface area contributed by atoms with E-state index in [1.54, 1.807) is 0 Å². The molecular weight excluding hydrogens is 297 g/mol. The average molecular weight is 313 g/mol. The predicted octanol–water partition coefficient (Wildman–Crippen LogP) is -0.320. The number of hydrogen-bond donors (Lipinski definition) is 3. The van der Waals surface area contributed by atoms with Crippen LogP contribution in [0.25, 0.3) is 0 Å². The summed E-state index contributed by atoms with van der Waals surface area (Å²) in [6.45, 7) is 0.128. The van der Waals surface area contributed by atoms with E-state index in [9.17, 15) is 17.6 Å². The lowest BCUT2D eigenvalue weighted by molar-refractivity contribution is -0.118. The van der Waals surface area contributed by atoms with Crippen molar-refractivity contribution in [3.05, 3.63) is 29.6 Å². The van der Waals surface area contributed by atoms with Crippen LogP contribution in [-0.2, 0) is 14.8 Å². The van der Waals surface area contributed by atoms with Crippen molar-refractivity contribution in [2.75, 3.05) is 13.1 Å². The lowest BCUT2D eigenvalue weighted by atomic mass is 10.2. The normalized spacial score (nSPS) is 10.8. The van der Waals surface area contributed by atoms with Crippen molar-refractivity contribution in [1.82, 2.24) is 4.72 Å². The van der Waals surface area contributed by atoms with E-state index in [-0.39, 0.29) is 25.9 Å². The molecule has 8 heteroatoms. The summed E-state index contributed by atoms with van der Waals surface area (Å²) in [5, 5.41) is 0. The molecule has 0 saturated heterocycles. The van der Waals surface area contributed by atoms with E-state index < -0.39 is 26.6 Å². The summed E-state index contributed by atoms with van der Waals surface area (Å²) < 4.78 is 39.8. The zero-order chi connectivity index (χ0) is 15.9. The Morgan fingerprint density at radius 1 is 1.38 bits per heavy atom. The number of sulfonamides is 1. The van der Waals surface area contributed by atoms with Gasteiger partial charge in [0.1, 0.15) is 10.7 Å². The molecule has 0 bridgehead atoms. The summed E-state index contributed by atoms with van der Waals surface area (Å²) in [4.78, 5) is 10.1. The van der Waals surface area contributed by atoms with Crippen LogP contribution in [-0.4, -0.2) is 27.4 Å². The van der Waals surface area contributed by atoms with Gasteiger partial charge < -0.3 is 11.5 Å². The monoisotopic (exact) mass is 313 g/mol. The SMILES string of the molecule is NCC#Cc1ccc(S(=O)(=O)NCCCC(N)=O)c(F)c1. The van der Waals surface area contributed by atoms with E-state index >= 15 is 0 Å². The number of amides is 1. The van der Waals surface area contributed by atoms with Crippen LogP contribution in [0.3, 0.4) is 0 Å². The van der Waals surface area contributed by atoms with Gasteiger partial charge in [-0.25, -0.2) is 17.5 Å². The van der Waals surface area contributed by atoms with Gasteiger partial charge >= 0.3 is 0 Å². The van der Waals surface area contributed by atoms with E-state index in [2.05, 4.69) is 16.6 Å². The van der Waals surface area contributed by atoms with Gasteiger partial charge in [0.05, 0.1) is 6.54 Å². The Bertz CT molecular complexity index is 678. The number of benzene rings is 1. The topological polar surface area (TPSA) is 115 Å². The fraction of sp³-hybridized carbons (Fsp3) is 0.308. The van der Waals surface area contributed by atoms with Gasteiger partial charge in [0.2, 0.25) is 15.9 Å². The van der Waals surface area contributed by atoms with Crippen LogP contribution in [0.2, 0.25) is 0 Å². The Kier molecular flexibility index (Phi) is 6.30. The molecule has 1 amide bonds. The van der Waals surface area contributed by atoms with Crippen molar-refractivity contribution >= 4 is 15.9 Å². The molecule has 6 nitrogen and oxygen atoms in total. The maximum Gasteiger partial charge on any atom is 0.243 e. The second-order valence-corrected chi connectivity index (χ2v) is 5.85. The fourth-order valence-corrected chi connectivity index (χ4v) is 2.63. The molecule has 0 aliphatic rings. The predicted molar refractivity (Wildman–Crippen MR) is 75.9 cm³/mol. The van der Waals surface area contributed by atoms with Crippen LogP contribution in [0.5, 0.6) is 0 Å². The molecular formula is C13H16FN3O3S. The van der Waals surface area contributed by atoms with Gasteiger partial charge in [-0.1, -0.05) is 11.8 Å². The van der Waals surface area contributed by atoms with Crippen LogP contribution in [0.4, 0.5) is 4.39 Å². The van der Waals surface area contributed by atoms with Crippen LogP contribution in [0, 0.1) is 17.7 Å². The lowest BCUT2D eigenvalue weighted by Gasteiger charge is -2.07. The number of halogens is 1. The number of carbonyl (C=O) groups excluding carboxylic acids is 1. The van der Waals surface area contributed by atoms with Crippen LogP contribution >= 0.6 is 0 Å². The maximum absolute atomic E-state index is 13.8. The number of rotatable bonds is 6. The van der Waals surface area contributed by atoms with Gasteiger partial charge in [0.15, 0.2) is 0 Å². The van der Waals surface area contributed by atoms with Crippen LogP contribution < -0.4 is 16.2 Å². The van der Waals surface area contributed by atoms with Crippen molar-refractivity contribution in [3.63, 3.8) is 0 Å². The third-order valence-corrected chi connectivity index (χ3v) is 3.94. The third kappa shape index (κ3) is 5.51. The zero-order valence-electron chi connectivity index (χ0n) is 11.2. The second kappa shape index (κ2) is 7.73. The first-order chi connectivity index (χ1) is 9.86. The molecule has 0 atom stereocenters. The summed E-state index contributed by atoms with van der Waals surface area (Å²) in [6, 6.07) is 3.55. The van der Waals surface area contributed by atoms with Gasteiger partial charge in [-0.05, 0) is 24.6 Å². The van der Waals surface area contributed by atoms with Crippen molar-refractivity contribution in [3.8, 4) is 11.8 Å². The molecule has 0 heterocycles. The highest BCUT2D eigenvalue weighted by Gasteiger charge is 2.18. The summed E-state index contributed by atoms with van der Waals surface area (Å²) in [7, 11) is -3.98. The second-order valence-electron chi connectivity index (χ2n) is 4.12. The molecule has 0 fully saturated rings. The van der Waals surface area contributed by atoms with E-state index in [0.717, 1.165) is 12.1 Å². The fourth-order valence-electron chi connectivity index (χ4n) is 1.50. The minimum Gasteiger partial charge on any atom is -0.370 e. The summed E-state index contributed by atoms with van der Waals surface area (Å²) in [5.74, 6) is 3.73. The Hall–Kier alpha value is -1.95. The molecule has 21 heavy (non-hydrogen) atoms. The molecule has 0 spiro atoms. The van der Waals surface area contributed by atoms with Crippen molar-refractivity contribution in [1.29, 1.82) is 0 Å². The average Bonchev–Trinajstić information content (AvgIpc) is 2.41. The van der Waals surface area contributed by atoms with Crippen LogP contribution in [0.1, 0.15) is 18.4 Å². The molecule has 114 valence electrons. The van der Waals surface area contributed by atoms with Crippen molar-refractivity contribution in [2.45, 2.75) is 17.7 Å². The molecule has 5 N–H and O–H groups in total. The highest BCUT2D eigenvalue weighted by Crippen LogP contribution is 2.15. The highest BCUT2D eigenvalue weighted by molar-refractivity contribution is 7.89. The van der Waals surface area contributed by atoms with Crippen molar-refractivity contribution < 1.29 is 17.6 Å². The Labute approximate surface area is 122 Å². The lowest BCUT2D eigenvalue weighted by Crippen LogP contribution is -2.26. The Balaban J connectivity index is 2.81. The van der Waals surface area contributed by atoms with E-state index in [0.29, 0.717) is 5.56 Å². The van der Waals surface area contributed by atoms with E-state index in [4.69, 9.17) is 11.5 Å². The summed E-state index contributed by atoms with van der Waals surface area (Å²) in [5.41, 5.74) is 10.5. The first-order valence-corrected chi connectivity index (χ1v) is 7.61.